The van der Waals surface area contributed by atoms with Gasteiger partial charge in [-0.2, -0.15) is 5.10 Å². The summed E-state index contributed by atoms with van der Waals surface area (Å²) in [5.41, 5.74) is 5.92. The van der Waals surface area contributed by atoms with E-state index in [9.17, 15) is 4.79 Å². The molecule has 3 aromatic rings. The molecule has 0 aliphatic carbocycles. The zero-order chi connectivity index (χ0) is 19.1. The van der Waals surface area contributed by atoms with Crippen molar-refractivity contribution in [2.24, 2.45) is 5.10 Å². The van der Waals surface area contributed by atoms with Gasteiger partial charge in [0.2, 0.25) is 0 Å². The Hall–Kier alpha value is -3.11. The molecule has 5 heteroatoms. The molecule has 0 saturated carbocycles. The van der Waals surface area contributed by atoms with E-state index < -0.39 is 0 Å². The van der Waals surface area contributed by atoms with Gasteiger partial charge in [0.05, 0.1) is 6.21 Å². The summed E-state index contributed by atoms with van der Waals surface area (Å²) in [6.07, 6.45) is 1.59. The fourth-order valence-electron chi connectivity index (χ4n) is 2.49. The number of hydrogen-bond acceptors (Lipinski definition) is 3. The summed E-state index contributed by atoms with van der Waals surface area (Å²) in [5.74, 6) is 0.485. The predicted molar refractivity (Wildman–Crippen MR) is 108 cm³/mol. The molecule has 0 bridgehead atoms. The molecule has 0 saturated heterocycles. The van der Waals surface area contributed by atoms with Gasteiger partial charge in [-0.15, -0.1) is 0 Å². The Bertz CT molecular complexity index is 953. The highest BCUT2D eigenvalue weighted by atomic mass is 35.5. The van der Waals surface area contributed by atoms with E-state index in [4.69, 9.17) is 16.3 Å². The largest absolute Gasteiger partial charge is 0.489 e. The van der Waals surface area contributed by atoms with Gasteiger partial charge < -0.3 is 4.74 Å². The first-order valence-electron chi connectivity index (χ1n) is 8.48. The van der Waals surface area contributed by atoms with Crippen molar-refractivity contribution in [3.8, 4) is 5.75 Å². The van der Waals surface area contributed by atoms with Crippen LogP contribution in [-0.4, -0.2) is 12.1 Å². The van der Waals surface area contributed by atoms with Gasteiger partial charge in [-0.05, 0) is 53.9 Å². The number of ether oxygens (including phenoxy) is 1. The van der Waals surface area contributed by atoms with Crippen LogP contribution >= 0.6 is 11.6 Å². The van der Waals surface area contributed by atoms with Crippen molar-refractivity contribution < 1.29 is 9.53 Å². The summed E-state index contributed by atoms with van der Waals surface area (Å²) in [4.78, 5) is 12.1. The van der Waals surface area contributed by atoms with E-state index in [1.165, 1.54) is 0 Å². The smallest absolute Gasteiger partial charge is 0.271 e. The minimum atomic E-state index is -0.237. The number of benzene rings is 3. The molecule has 0 aromatic heterocycles. The maximum Gasteiger partial charge on any atom is 0.271 e. The van der Waals surface area contributed by atoms with Crippen LogP contribution in [0.5, 0.6) is 5.75 Å². The Balaban J connectivity index is 1.58. The zero-order valence-corrected chi connectivity index (χ0v) is 15.6. The number of nitrogens with zero attached hydrogens (tertiary/aromatic N) is 1. The van der Waals surface area contributed by atoms with Crippen molar-refractivity contribution in [1.82, 2.24) is 5.43 Å². The molecule has 0 aliphatic heterocycles. The molecule has 4 nitrogen and oxygen atoms in total. The number of nitrogens with one attached hydrogen (secondary N) is 1. The lowest BCUT2D eigenvalue weighted by molar-refractivity contribution is 0.0954. The maximum absolute atomic E-state index is 12.1. The predicted octanol–water partition coefficient (Wildman–Crippen LogP) is 4.99. The highest BCUT2D eigenvalue weighted by Gasteiger charge is 2.06. The Morgan fingerprint density at radius 3 is 2.63 bits per heavy atom. The molecule has 0 atom stereocenters. The first-order valence-corrected chi connectivity index (χ1v) is 8.86. The molecule has 3 aromatic carbocycles. The third kappa shape index (κ3) is 5.43. The fraction of sp³-hybridized carbons (Fsp3) is 0.0909. The minimum Gasteiger partial charge on any atom is -0.489 e. The summed E-state index contributed by atoms with van der Waals surface area (Å²) < 4.78 is 5.79. The van der Waals surface area contributed by atoms with Crippen molar-refractivity contribution in [1.29, 1.82) is 0 Å². The Labute approximate surface area is 163 Å². The zero-order valence-electron chi connectivity index (χ0n) is 14.9. The topological polar surface area (TPSA) is 50.7 Å². The van der Waals surface area contributed by atoms with Gasteiger partial charge in [0.15, 0.2) is 0 Å². The molecule has 1 N–H and O–H groups in total. The number of hydrogen-bond donors (Lipinski definition) is 1. The highest BCUT2D eigenvalue weighted by Crippen LogP contribution is 2.16. The molecule has 0 unspecified atom stereocenters. The number of hydrazone groups is 1. The van der Waals surface area contributed by atoms with Crippen molar-refractivity contribution in [3.63, 3.8) is 0 Å². The average Bonchev–Trinajstić information content (AvgIpc) is 2.68. The van der Waals surface area contributed by atoms with Gasteiger partial charge in [0.1, 0.15) is 12.4 Å². The van der Waals surface area contributed by atoms with Gasteiger partial charge in [-0.25, -0.2) is 5.43 Å². The quantitative estimate of drug-likeness (QED) is 0.485. The summed E-state index contributed by atoms with van der Waals surface area (Å²) in [7, 11) is 0. The third-order valence-electron chi connectivity index (χ3n) is 3.95. The number of rotatable bonds is 6. The van der Waals surface area contributed by atoms with Crippen LogP contribution in [0.3, 0.4) is 0 Å². The first kappa shape index (κ1) is 18.7. The van der Waals surface area contributed by atoms with Crippen molar-refractivity contribution in [2.75, 3.05) is 0 Å². The summed E-state index contributed by atoms with van der Waals surface area (Å²) >= 11 is 5.88. The number of aryl methyl sites for hydroxylation is 1. The first-order chi connectivity index (χ1) is 13.1. The molecule has 0 aliphatic rings. The van der Waals surface area contributed by atoms with Crippen LogP contribution in [0.15, 0.2) is 77.9 Å². The normalized spacial score (nSPS) is 10.7. The number of halogens is 1. The third-order valence-corrected chi connectivity index (χ3v) is 4.20. The molecule has 0 heterocycles. The van der Waals surface area contributed by atoms with Gasteiger partial charge in [0.25, 0.3) is 5.91 Å². The fourth-order valence-corrected chi connectivity index (χ4v) is 2.61. The number of carbonyl (C=O) groups is 1. The number of carbonyl (C=O) groups excluding carboxylic acids is 1. The van der Waals surface area contributed by atoms with Crippen LogP contribution in [0, 0.1) is 6.92 Å². The Morgan fingerprint density at radius 1 is 1.07 bits per heavy atom. The van der Waals surface area contributed by atoms with E-state index in [0.717, 1.165) is 22.4 Å². The summed E-state index contributed by atoms with van der Waals surface area (Å²) in [5, 5.41) is 4.73. The van der Waals surface area contributed by atoms with E-state index in [0.29, 0.717) is 17.2 Å². The van der Waals surface area contributed by atoms with Crippen molar-refractivity contribution in [2.45, 2.75) is 13.5 Å². The SMILES string of the molecule is Cc1ccccc1C(=O)N/N=C\c1cccc(OCc2ccc(Cl)cc2)c1. The Morgan fingerprint density at radius 2 is 1.85 bits per heavy atom. The van der Waals surface area contributed by atoms with E-state index in [1.807, 2.05) is 73.7 Å². The van der Waals surface area contributed by atoms with Crippen LogP contribution in [0.25, 0.3) is 0 Å². The van der Waals surface area contributed by atoms with Crippen molar-refractivity contribution >= 4 is 23.7 Å². The van der Waals surface area contributed by atoms with Gasteiger partial charge >= 0.3 is 0 Å². The second kappa shape index (κ2) is 9.01. The second-order valence-corrected chi connectivity index (χ2v) is 6.44. The van der Waals surface area contributed by atoms with Crippen molar-refractivity contribution in [3.05, 3.63) is 100 Å². The molecule has 0 fully saturated rings. The summed E-state index contributed by atoms with van der Waals surface area (Å²) in [6, 6.07) is 22.4. The van der Waals surface area contributed by atoms with E-state index >= 15 is 0 Å². The molecule has 3 rings (SSSR count). The molecular weight excluding hydrogens is 360 g/mol. The van der Waals surface area contributed by atoms with Gasteiger partial charge in [0, 0.05) is 10.6 Å². The maximum atomic E-state index is 12.1. The molecule has 0 radical (unpaired) electrons. The molecular formula is C22H19ClN2O2. The molecule has 136 valence electrons. The minimum absolute atomic E-state index is 0.237. The monoisotopic (exact) mass is 378 g/mol. The lowest BCUT2D eigenvalue weighted by Crippen LogP contribution is -2.18. The van der Waals surface area contributed by atoms with E-state index in [-0.39, 0.29) is 5.91 Å². The average molecular weight is 379 g/mol. The van der Waals surface area contributed by atoms with E-state index in [2.05, 4.69) is 10.5 Å². The van der Waals surface area contributed by atoms with Gasteiger partial charge in [-0.1, -0.05) is 54.1 Å². The Kier molecular flexibility index (Phi) is 6.23. The number of amides is 1. The van der Waals surface area contributed by atoms with Crippen LogP contribution in [-0.2, 0) is 6.61 Å². The van der Waals surface area contributed by atoms with E-state index in [1.54, 1.807) is 12.3 Å². The van der Waals surface area contributed by atoms with Crippen LogP contribution in [0.4, 0.5) is 0 Å². The standard InChI is InChI=1S/C22H19ClN2O2/c1-16-5-2-3-8-21(16)22(26)25-24-14-18-6-4-7-20(13-18)27-15-17-9-11-19(23)12-10-17/h2-14H,15H2,1H3,(H,25,26)/b24-14-. The van der Waals surface area contributed by atoms with Crippen LogP contribution in [0.1, 0.15) is 27.0 Å². The second-order valence-electron chi connectivity index (χ2n) is 6.00. The van der Waals surface area contributed by atoms with Crippen LogP contribution < -0.4 is 10.2 Å². The molecule has 27 heavy (non-hydrogen) atoms. The highest BCUT2D eigenvalue weighted by molar-refractivity contribution is 6.30. The molecule has 0 spiro atoms. The van der Waals surface area contributed by atoms with Crippen LogP contribution in [0.2, 0.25) is 5.02 Å². The molecule has 1 amide bonds. The lowest BCUT2D eigenvalue weighted by atomic mass is 10.1. The van der Waals surface area contributed by atoms with Gasteiger partial charge in [-0.3, -0.25) is 4.79 Å². The summed E-state index contributed by atoms with van der Waals surface area (Å²) in [6.45, 7) is 2.34. The lowest BCUT2D eigenvalue weighted by Gasteiger charge is -2.07.